The van der Waals surface area contributed by atoms with Gasteiger partial charge in [-0.3, -0.25) is 4.79 Å². The Hall–Kier alpha value is -0.580. The van der Waals surface area contributed by atoms with E-state index < -0.39 is 11.9 Å². The second kappa shape index (κ2) is 3.89. The number of primary amides is 1. The van der Waals surface area contributed by atoms with Gasteiger partial charge >= 0.3 is 0 Å². The van der Waals surface area contributed by atoms with Gasteiger partial charge in [0.15, 0.2) is 0 Å². The molecule has 1 aromatic heterocycles. The smallest absolute Gasteiger partial charge is 0.234 e. The normalized spacial score (nSPS) is 12.8. The number of hydrogen-bond acceptors (Lipinski definition) is 3. The number of nitrogens with two attached hydrogens (primary N) is 2. The molecule has 1 amide bonds. The summed E-state index contributed by atoms with van der Waals surface area (Å²) in [5.74, 6) is -0.503. The first kappa shape index (κ1) is 9.51. The number of rotatable bonds is 3. The van der Waals surface area contributed by atoms with Crippen LogP contribution >= 0.6 is 22.9 Å². The Morgan fingerprint density at radius 3 is 2.83 bits per heavy atom. The zero-order valence-corrected chi connectivity index (χ0v) is 7.86. The van der Waals surface area contributed by atoms with Crippen molar-refractivity contribution in [1.82, 2.24) is 0 Å². The summed E-state index contributed by atoms with van der Waals surface area (Å²) in [5, 5.41) is 1.85. The number of carbonyl (C=O) groups excluding carboxylic acids is 1. The molecule has 0 aliphatic rings. The lowest BCUT2D eigenvalue weighted by Crippen LogP contribution is -2.38. The van der Waals surface area contributed by atoms with Crippen molar-refractivity contribution in [2.24, 2.45) is 11.5 Å². The maximum atomic E-state index is 10.6. The molecule has 1 rings (SSSR count). The molecule has 0 spiro atoms. The molecular weight excluding hydrogens is 196 g/mol. The van der Waals surface area contributed by atoms with Crippen molar-refractivity contribution < 1.29 is 4.79 Å². The van der Waals surface area contributed by atoms with Gasteiger partial charge < -0.3 is 11.5 Å². The molecule has 12 heavy (non-hydrogen) atoms. The summed E-state index contributed by atoms with van der Waals surface area (Å²) in [6.45, 7) is 0. The van der Waals surface area contributed by atoms with Crippen molar-refractivity contribution in [3.05, 3.63) is 21.3 Å². The van der Waals surface area contributed by atoms with E-state index in [1.807, 2.05) is 11.4 Å². The first-order chi connectivity index (χ1) is 5.61. The largest absolute Gasteiger partial charge is 0.368 e. The fourth-order valence-electron chi connectivity index (χ4n) is 0.803. The van der Waals surface area contributed by atoms with Gasteiger partial charge in [0.05, 0.1) is 10.4 Å². The van der Waals surface area contributed by atoms with Crippen molar-refractivity contribution in [3.8, 4) is 0 Å². The predicted molar refractivity (Wildman–Crippen MR) is 50.2 cm³/mol. The SMILES string of the molecule is NC(=O)C(N)Cc1ccsc1Cl. The minimum absolute atomic E-state index is 0.414. The molecule has 4 N–H and O–H groups in total. The highest BCUT2D eigenvalue weighted by Crippen LogP contribution is 2.23. The molecule has 5 heteroatoms. The van der Waals surface area contributed by atoms with E-state index in [0.717, 1.165) is 5.56 Å². The van der Waals surface area contributed by atoms with E-state index in [-0.39, 0.29) is 0 Å². The predicted octanol–water partition coefficient (Wildman–Crippen LogP) is 0.757. The molecule has 0 aliphatic heterocycles. The highest BCUT2D eigenvalue weighted by atomic mass is 35.5. The van der Waals surface area contributed by atoms with Crippen LogP contribution < -0.4 is 11.5 Å². The van der Waals surface area contributed by atoms with E-state index in [2.05, 4.69) is 0 Å². The van der Waals surface area contributed by atoms with Crippen LogP contribution in [-0.4, -0.2) is 11.9 Å². The number of hydrogen-bond donors (Lipinski definition) is 2. The lowest BCUT2D eigenvalue weighted by molar-refractivity contribution is -0.119. The molecule has 1 unspecified atom stereocenters. The fraction of sp³-hybridized carbons (Fsp3) is 0.286. The zero-order valence-electron chi connectivity index (χ0n) is 6.29. The Morgan fingerprint density at radius 2 is 2.42 bits per heavy atom. The van der Waals surface area contributed by atoms with Crippen LogP contribution in [0.25, 0.3) is 0 Å². The van der Waals surface area contributed by atoms with Crippen LogP contribution in [0.2, 0.25) is 4.34 Å². The van der Waals surface area contributed by atoms with Gasteiger partial charge in [-0.1, -0.05) is 11.6 Å². The number of amides is 1. The Labute approximate surface area is 79.3 Å². The van der Waals surface area contributed by atoms with E-state index in [9.17, 15) is 4.79 Å². The molecule has 1 heterocycles. The summed E-state index contributed by atoms with van der Waals surface area (Å²) in [6.07, 6.45) is 0.414. The van der Waals surface area contributed by atoms with Crippen molar-refractivity contribution in [2.45, 2.75) is 12.5 Å². The maximum Gasteiger partial charge on any atom is 0.234 e. The number of halogens is 1. The second-order valence-corrected chi connectivity index (χ2v) is 3.95. The molecular formula is C7H9ClN2OS. The summed E-state index contributed by atoms with van der Waals surface area (Å²) in [5.41, 5.74) is 11.3. The molecule has 0 saturated heterocycles. The highest BCUT2D eigenvalue weighted by molar-refractivity contribution is 7.14. The van der Waals surface area contributed by atoms with Crippen molar-refractivity contribution in [2.75, 3.05) is 0 Å². The molecule has 1 atom stereocenters. The molecule has 1 aromatic rings. The molecule has 66 valence electrons. The Kier molecular flexibility index (Phi) is 3.08. The van der Waals surface area contributed by atoms with Crippen LogP contribution in [0.5, 0.6) is 0 Å². The van der Waals surface area contributed by atoms with Crippen molar-refractivity contribution in [3.63, 3.8) is 0 Å². The van der Waals surface area contributed by atoms with E-state index in [0.29, 0.717) is 10.8 Å². The second-order valence-electron chi connectivity index (χ2n) is 2.43. The van der Waals surface area contributed by atoms with Crippen LogP contribution in [0, 0.1) is 0 Å². The number of thiophene rings is 1. The van der Waals surface area contributed by atoms with Gasteiger partial charge in [0.25, 0.3) is 0 Å². The lowest BCUT2D eigenvalue weighted by atomic mass is 10.1. The topological polar surface area (TPSA) is 69.1 Å². The van der Waals surface area contributed by atoms with Gasteiger partial charge in [-0.2, -0.15) is 0 Å². The Balaban J connectivity index is 2.64. The van der Waals surface area contributed by atoms with Gasteiger partial charge in [0.1, 0.15) is 0 Å². The van der Waals surface area contributed by atoms with Crippen LogP contribution in [0.15, 0.2) is 11.4 Å². The summed E-state index contributed by atoms with van der Waals surface area (Å²) >= 11 is 7.22. The Morgan fingerprint density at radius 1 is 1.75 bits per heavy atom. The third-order valence-corrected chi connectivity index (χ3v) is 2.75. The van der Waals surface area contributed by atoms with Crippen LogP contribution in [0.3, 0.4) is 0 Å². The molecule has 0 saturated carbocycles. The third kappa shape index (κ3) is 2.20. The summed E-state index contributed by atoms with van der Waals surface area (Å²) in [4.78, 5) is 10.6. The van der Waals surface area contributed by atoms with Gasteiger partial charge in [-0.25, -0.2) is 0 Å². The van der Waals surface area contributed by atoms with Crippen LogP contribution in [0.4, 0.5) is 0 Å². The van der Waals surface area contributed by atoms with Crippen molar-refractivity contribution >= 4 is 28.8 Å². The highest BCUT2D eigenvalue weighted by Gasteiger charge is 2.12. The van der Waals surface area contributed by atoms with Gasteiger partial charge in [0, 0.05) is 0 Å². The van der Waals surface area contributed by atoms with E-state index in [1.54, 1.807) is 0 Å². The van der Waals surface area contributed by atoms with E-state index >= 15 is 0 Å². The molecule has 0 bridgehead atoms. The summed E-state index contributed by atoms with van der Waals surface area (Å²) in [6, 6.07) is 1.20. The monoisotopic (exact) mass is 204 g/mol. The molecule has 0 aliphatic carbocycles. The average Bonchev–Trinajstić information content (AvgIpc) is 2.36. The number of carbonyl (C=O) groups is 1. The van der Waals surface area contributed by atoms with Gasteiger partial charge in [-0.15, -0.1) is 11.3 Å². The standard InChI is InChI=1S/C7H9ClN2OS/c8-6-4(1-2-12-6)3-5(9)7(10)11/h1-2,5H,3,9H2,(H2,10,11). The molecule has 0 fully saturated rings. The maximum absolute atomic E-state index is 10.6. The lowest BCUT2D eigenvalue weighted by Gasteiger charge is -2.04. The summed E-state index contributed by atoms with van der Waals surface area (Å²) < 4.78 is 0.673. The molecule has 0 aromatic carbocycles. The third-order valence-electron chi connectivity index (χ3n) is 1.50. The van der Waals surface area contributed by atoms with Crippen LogP contribution in [0.1, 0.15) is 5.56 Å². The fourth-order valence-corrected chi connectivity index (χ4v) is 1.75. The Bertz CT molecular complexity index is 287. The van der Waals surface area contributed by atoms with Gasteiger partial charge in [0.2, 0.25) is 5.91 Å². The first-order valence-electron chi connectivity index (χ1n) is 3.38. The van der Waals surface area contributed by atoms with E-state index in [1.165, 1.54) is 11.3 Å². The first-order valence-corrected chi connectivity index (χ1v) is 4.64. The van der Waals surface area contributed by atoms with Crippen molar-refractivity contribution in [1.29, 1.82) is 0 Å². The quantitative estimate of drug-likeness (QED) is 0.763. The molecule has 0 radical (unpaired) electrons. The minimum atomic E-state index is -0.642. The minimum Gasteiger partial charge on any atom is -0.368 e. The average molecular weight is 205 g/mol. The van der Waals surface area contributed by atoms with E-state index in [4.69, 9.17) is 23.1 Å². The molecule has 3 nitrogen and oxygen atoms in total. The van der Waals surface area contributed by atoms with Crippen LogP contribution in [-0.2, 0) is 11.2 Å². The van der Waals surface area contributed by atoms with Gasteiger partial charge in [-0.05, 0) is 23.4 Å². The zero-order chi connectivity index (χ0) is 9.14. The summed E-state index contributed by atoms with van der Waals surface area (Å²) in [7, 11) is 0.